The van der Waals surface area contributed by atoms with Crippen LogP contribution in [0.15, 0.2) is 5.38 Å². The minimum absolute atomic E-state index is 0.593. The number of hydrogen-bond acceptors (Lipinski definition) is 3. The number of nitrogens with zero attached hydrogens (tertiary/aromatic N) is 1. The lowest BCUT2D eigenvalue weighted by molar-refractivity contribution is 0.512. The Morgan fingerprint density at radius 1 is 1.50 bits per heavy atom. The van der Waals surface area contributed by atoms with Gasteiger partial charge in [-0.2, -0.15) is 0 Å². The molecule has 0 radical (unpaired) electrons. The van der Waals surface area contributed by atoms with E-state index < -0.39 is 0 Å². The standard InChI is InChI=1S/C11H20N2S/c1-4-6-10(12-3)7-11-13-9(5-2)8-14-11/h8,10,12H,4-7H2,1-3H3. The number of aryl methyl sites for hydroxylation is 1. The molecule has 1 unspecified atom stereocenters. The van der Waals surface area contributed by atoms with Crippen LogP contribution in [0.5, 0.6) is 0 Å². The van der Waals surface area contributed by atoms with E-state index in [1.54, 1.807) is 11.3 Å². The van der Waals surface area contributed by atoms with Crippen LogP contribution in [0.3, 0.4) is 0 Å². The molecule has 0 aliphatic carbocycles. The molecule has 0 amide bonds. The zero-order chi connectivity index (χ0) is 10.4. The molecule has 0 bridgehead atoms. The molecule has 80 valence electrons. The molecular formula is C11H20N2S. The largest absolute Gasteiger partial charge is 0.317 e. The highest BCUT2D eigenvalue weighted by molar-refractivity contribution is 7.09. The van der Waals surface area contributed by atoms with Gasteiger partial charge >= 0.3 is 0 Å². The Labute approximate surface area is 90.8 Å². The van der Waals surface area contributed by atoms with Crippen LogP contribution >= 0.6 is 11.3 Å². The molecule has 1 atom stereocenters. The highest BCUT2D eigenvalue weighted by atomic mass is 32.1. The van der Waals surface area contributed by atoms with E-state index >= 15 is 0 Å². The molecule has 0 spiro atoms. The average molecular weight is 212 g/mol. The van der Waals surface area contributed by atoms with Gasteiger partial charge < -0.3 is 5.32 Å². The predicted octanol–water partition coefficient (Wildman–Crippen LogP) is 2.64. The summed E-state index contributed by atoms with van der Waals surface area (Å²) in [7, 11) is 2.04. The molecule has 1 heterocycles. The molecule has 1 rings (SSSR count). The first-order valence-corrected chi connectivity index (χ1v) is 6.28. The van der Waals surface area contributed by atoms with Gasteiger partial charge in [0.25, 0.3) is 0 Å². The van der Waals surface area contributed by atoms with Crippen molar-refractivity contribution in [1.82, 2.24) is 10.3 Å². The topological polar surface area (TPSA) is 24.9 Å². The van der Waals surface area contributed by atoms with Gasteiger partial charge in [-0.25, -0.2) is 4.98 Å². The maximum atomic E-state index is 4.58. The van der Waals surface area contributed by atoms with Crippen molar-refractivity contribution in [2.75, 3.05) is 7.05 Å². The molecule has 0 aliphatic heterocycles. The fraction of sp³-hybridized carbons (Fsp3) is 0.727. The Bertz CT molecular complexity index is 258. The highest BCUT2D eigenvalue weighted by Crippen LogP contribution is 2.13. The highest BCUT2D eigenvalue weighted by Gasteiger charge is 2.08. The van der Waals surface area contributed by atoms with Gasteiger partial charge in [0.2, 0.25) is 0 Å². The Morgan fingerprint density at radius 2 is 2.29 bits per heavy atom. The number of likely N-dealkylation sites (N-methyl/N-ethyl adjacent to an activating group) is 1. The number of aromatic nitrogens is 1. The average Bonchev–Trinajstić information content (AvgIpc) is 2.65. The van der Waals surface area contributed by atoms with Crippen molar-refractivity contribution in [1.29, 1.82) is 0 Å². The zero-order valence-corrected chi connectivity index (χ0v) is 10.2. The molecule has 0 fully saturated rings. The monoisotopic (exact) mass is 212 g/mol. The van der Waals surface area contributed by atoms with Gasteiger partial charge in [0.1, 0.15) is 0 Å². The van der Waals surface area contributed by atoms with E-state index in [1.165, 1.54) is 23.5 Å². The van der Waals surface area contributed by atoms with Crippen molar-refractivity contribution >= 4 is 11.3 Å². The van der Waals surface area contributed by atoms with Crippen LogP contribution in [-0.2, 0) is 12.8 Å². The molecule has 14 heavy (non-hydrogen) atoms. The molecule has 1 N–H and O–H groups in total. The summed E-state index contributed by atoms with van der Waals surface area (Å²) >= 11 is 1.79. The summed E-state index contributed by atoms with van der Waals surface area (Å²) in [5.41, 5.74) is 1.23. The summed E-state index contributed by atoms with van der Waals surface area (Å²) in [5, 5.41) is 6.79. The van der Waals surface area contributed by atoms with Crippen LogP contribution in [0.2, 0.25) is 0 Å². The van der Waals surface area contributed by atoms with Crippen LogP contribution < -0.4 is 5.32 Å². The lowest BCUT2D eigenvalue weighted by Crippen LogP contribution is -2.27. The van der Waals surface area contributed by atoms with Crippen LogP contribution in [0, 0.1) is 0 Å². The second-order valence-electron chi connectivity index (χ2n) is 3.56. The van der Waals surface area contributed by atoms with Crippen molar-refractivity contribution in [3.8, 4) is 0 Å². The Kier molecular flexibility index (Phi) is 5.12. The maximum absolute atomic E-state index is 4.58. The van der Waals surface area contributed by atoms with E-state index in [0.29, 0.717) is 6.04 Å². The van der Waals surface area contributed by atoms with Gasteiger partial charge in [0.15, 0.2) is 0 Å². The summed E-state index contributed by atoms with van der Waals surface area (Å²) in [6.07, 6.45) is 4.60. The summed E-state index contributed by atoms with van der Waals surface area (Å²) in [6, 6.07) is 0.593. The van der Waals surface area contributed by atoms with Crippen molar-refractivity contribution < 1.29 is 0 Å². The SMILES string of the molecule is CCCC(Cc1nc(CC)cs1)NC. The molecule has 1 aromatic heterocycles. The minimum atomic E-state index is 0.593. The lowest BCUT2D eigenvalue weighted by Gasteiger charge is -2.12. The van der Waals surface area contributed by atoms with Gasteiger partial charge in [-0.05, 0) is 19.9 Å². The minimum Gasteiger partial charge on any atom is -0.317 e. The third-order valence-corrected chi connectivity index (χ3v) is 3.35. The normalized spacial score (nSPS) is 13.1. The molecule has 1 aromatic rings. The Morgan fingerprint density at radius 3 is 2.79 bits per heavy atom. The summed E-state index contributed by atoms with van der Waals surface area (Å²) in [4.78, 5) is 4.58. The smallest absolute Gasteiger partial charge is 0.0943 e. The number of nitrogens with one attached hydrogen (secondary N) is 1. The van der Waals surface area contributed by atoms with Crippen LogP contribution in [0.25, 0.3) is 0 Å². The van der Waals surface area contributed by atoms with E-state index in [2.05, 4.69) is 29.5 Å². The van der Waals surface area contributed by atoms with Crippen molar-refractivity contribution in [2.24, 2.45) is 0 Å². The van der Waals surface area contributed by atoms with Crippen molar-refractivity contribution in [3.05, 3.63) is 16.1 Å². The fourth-order valence-electron chi connectivity index (χ4n) is 1.51. The van der Waals surface area contributed by atoms with Gasteiger partial charge in [-0.3, -0.25) is 0 Å². The molecule has 0 saturated heterocycles. The number of rotatable bonds is 6. The first-order valence-electron chi connectivity index (χ1n) is 5.40. The quantitative estimate of drug-likeness (QED) is 0.784. The van der Waals surface area contributed by atoms with Gasteiger partial charge in [0, 0.05) is 17.8 Å². The van der Waals surface area contributed by atoms with Crippen LogP contribution in [0.1, 0.15) is 37.4 Å². The van der Waals surface area contributed by atoms with Gasteiger partial charge in [-0.15, -0.1) is 11.3 Å². The summed E-state index contributed by atoms with van der Waals surface area (Å²) < 4.78 is 0. The molecule has 0 saturated carbocycles. The second kappa shape index (κ2) is 6.14. The van der Waals surface area contributed by atoms with E-state index in [9.17, 15) is 0 Å². The summed E-state index contributed by atoms with van der Waals surface area (Å²) in [6.45, 7) is 4.38. The number of hydrogen-bond donors (Lipinski definition) is 1. The molecule has 0 aliphatic rings. The van der Waals surface area contributed by atoms with Crippen molar-refractivity contribution in [2.45, 2.75) is 45.6 Å². The first-order chi connectivity index (χ1) is 6.80. The second-order valence-corrected chi connectivity index (χ2v) is 4.51. The third-order valence-electron chi connectivity index (χ3n) is 2.43. The van der Waals surface area contributed by atoms with E-state index in [4.69, 9.17) is 0 Å². The fourth-order valence-corrected chi connectivity index (χ4v) is 2.47. The molecule has 2 nitrogen and oxygen atoms in total. The van der Waals surface area contributed by atoms with Gasteiger partial charge in [0.05, 0.1) is 10.7 Å². The Balaban J connectivity index is 2.48. The maximum Gasteiger partial charge on any atom is 0.0943 e. The Hall–Kier alpha value is -0.410. The molecular weight excluding hydrogens is 192 g/mol. The van der Waals surface area contributed by atoms with Crippen LogP contribution in [-0.4, -0.2) is 18.1 Å². The van der Waals surface area contributed by atoms with Crippen LogP contribution in [0.4, 0.5) is 0 Å². The van der Waals surface area contributed by atoms with Crippen molar-refractivity contribution in [3.63, 3.8) is 0 Å². The molecule has 0 aromatic carbocycles. The van der Waals surface area contributed by atoms with E-state index in [1.807, 2.05) is 7.05 Å². The third kappa shape index (κ3) is 3.39. The zero-order valence-electron chi connectivity index (χ0n) is 9.34. The number of thiazole rings is 1. The van der Waals surface area contributed by atoms with E-state index in [0.717, 1.165) is 12.8 Å². The molecule has 3 heteroatoms. The predicted molar refractivity (Wildman–Crippen MR) is 63.0 cm³/mol. The summed E-state index contributed by atoms with van der Waals surface area (Å²) in [5.74, 6) is 0. The van der Waals surface area contributed by atoms with E-state index in [-0.39, 0.29) is 0 Å². The van der Waals surface area contributed by atoms with Gasteiger partial charge in [-0.1, -0.05) is 20.3 Å². The lowest BCUT2D eigenvalue weighted by atomic mass is 10.1. The first kappa shape index (κ1) is 11.7.